The van der Waals surface area contributed by atoms with Crippen molar-refractivity contribution in [3.8, 4) is 0 Å². The number of hydrogen-bond donors (Lipinski definition) is 1. The molecular formula is C20H26N4O2S. The second kappa shape index (κ2) is 8.99. The fourth-order valence-electron chi connectivity index (χ4n) is 3.17. The fraction of sp³-hybridized carbons (Fsp3) is 0.450. The Kier molecular flexibility index (Phi) is 6.45. The van der Waals surface area contributed by atoms with Gasteiger partial charge in [-0.25, -0.2) is 9.78 Å². The molecule has 1 aliphatic heterocycles. The Bertz CT molecular complexity index is 780. The molecule has 2 aromatic rings. The summed E-state index contributed by atoms with van der Waals surface area (Å²) in [4.78, 5) is 32.9. The summed E-state index contributed by atoms with van der Waals surface area (Å²) in [7, 11) is 1.74. The number of nitrogens with zero attached hydrogens (tertiary/aromatic N) is 3. The molecular weight excluding hydrogens is 360 g/mol. The number of carbonyl (C=O) groups is 2. The van der Waals surface area contributed by atoms with Crippen LogP contribution in [0, 0.1) is 6.92 Å². The summed E-state index contributed by atoms with van der Waals surface area (Å²) in [6.07, 6.45) is 4.54. The van der Waals surface area contributed by atoms with E-state index in [9.17, 15) is 9.59 Å². The van der Waals surface area contributed by atoms with Gasteiger partial charge in [-0.1, -0.05) is 12.8 Å². The molecule has 1 N–H and O–H groups in total. The van der Waals surface area contributed by atoms with Gasteiger partial charge in [0.2, 0.25) is 0 Å². The number of benzene rings is 1. The van der Waals surface area contributed by atoms with E-state index < -0.39 is 0 Å². The number of nitrogens with one attached hydrogen (secondary N) is 1. The number of amides is 3. The van der Waals surface area contributed by atoms with Gasteiger partial charge >= 0.3 is 6.03 Å². The van der Waals surface area contributed by atoms with E-state index in [2.05, 4.69) is 10.3 Å². The number of carbonyl (C=O) groups excluding carboxylic acids is 2. The number of hydrogen-bond acceptors (Lipinski definition) is 4. The predicted molar refractivity (Wildman–Crippen MR) is 108 cm³/mol. The van der Waals surface area contributed by atoms with Crippen LogP contribution >= 0.6 is 11.3 Å². The molecule has 1 aliphatic rings. The summed E-state index contributed by atoms with van der Waals surface area (Å²) < 4.78 is 0. The molecule has 3 rings (SSSR count). The predicted octanol–water partition coefficient (Wildman–Crippen LogP) is 4.13. The van der Waals surface area contributed by atoms with Gasteiger partial charge in [0.15, 0.2) is 0 Å². The molecule has 1 aromatic carbocycles. The molecule has 6 nitrogen and oxygen atoms in total. The van der Waals surface area contributed by atoms with Crippen molar-refractivity contribution in [3.63, 3.8) is 0 Å². The summed E-state index contributed by atoms with van der Waals surface area (Å²) in [5.41, 5.74) is 2.23. The van der Waals surface area contributed by atoms with Gasteiger partial charge in [0.1, 0.15) is 0 Å². The lowest BCUT2D eigenvalue weighted by Gasteiger charge is -2.20. The zero-order valence-electron chi connectivity index (χ0n) is 15.9. The van der Waals surface area contributed by atoms with Gasteiger partial charge in [-0.2, -0.15) is 0 Å². The lowest BCUT2D eigenvalue weighted by molar-refractivity contribution is 0.0761. The van der Waals surface area contributed by atoms with E-state index in [1.165, 1.54) is 12.8 Å². The number of aromatic nitrogens is 1. The third-order valence-corrected chi connectivity index (χ3v) is 5.51. The van der Waals surface area contributed by atoms with E-state index in [1.54, 1.807) is 47.5 Å². The van der Waals surface area contributed by atoms with Crippen LogP contribution in [0.3, 0.4) is 0 Å². The number of anilines is 1. The third kappa shape index (κ3) is 5.29. The Morgan fingerprint density at radius 1 is 1.15 bits per heavy atom. The maximum Gasteiger partial charge on any atom is 0.321 e. The molecule has 7 heteroatoms. The second-order valence-corrected chi connectivity index (χ2v) is 7.99. The first kappa shape index (κ1) is 19.4. The van der Waals surface area contributed by atoms with Crippen LogP contribution in [0.25, 0.3) is 0 Å². The van der Waals surface area contributed by atoms with Gasteiger partial charge in [-0.05, 0) is 44.0 Å². The molecule has 0 atom stereocenters. The van der Waals surface area contributed by atoms with E-state index in [4.69, 9.17) is 0 Å². The van der Waals surface area contributed by atoms with Crippen molar-refractivity contribution < 1.29 is 9.59 Å². The van der Waals surface area contributed by atoms with Crippen LogP contribution in [0.5, 0.6) is 0 Å². The average molecular weight is 387 g/mol. The molecule has 0 radical (unpaired) electrons. The van der Waals surface area contributed by atoms with E-state index in [0.717, 1.165) is 36.6 Å². The van der Waals surface area contributed by atoms with Crippen LogP contribution in [0.15, 0.2) is 29.6 Å². The third-order valence-electron chi connectivity index (χ3n) is 4.69. The van der Waals surface area contributed by atoms with Crippen molar-refractivity contribution in [1.29, 1.82) is 0 Å². The Balaban J connectivity index is 1.56. The summed E-state index contributed by atoms with van der Waals surface area (Å²) in [6.45, 7) is 4.07. The van der Waals surface area contributed by atoms with Crippen LogP contribution in [0.1, 0.15) is 46.7 Å². The van der Waals surface area contributed by atoms with Gasteiger partial charge < -0.3 is 15.1 Å². The maximum atomic E-state index is 12.6. The first-order chi connectivity index (χ1) is 13.0. The van der Waals surface area contributed by atoms with Crippen molar-refractivity contribution in [2.75, 3.05) is 25.5 Å². The summed E-state index contributed by atoms with van der Waals surface area (Å²) >= 11 is 1.57. The Hall–Kier alpha value is -2.41. The molecule has 0 spiro atoms. The van der Waals surface area contributed by atoms with Gasteiger partial charge in [0.25, 0.3) is 5.91 Å². The highest BCUT2D eigenvalue weighted by Crippen LogP contribution is 2.16. The molecule has 0 unspecified atom stereocenters. The van der Waals surface area contributed by atoms with Crippen LogP contribution < -0.4 is 5.32 Å². The van der Waals surface area contributed by atoms with Crippen LogP contribution in [0.2, 0.25) is 0 Å². The number of rotatable bonds is 4. The standard InChI is InChI=1S/C20H26N4O2S/c1-15-21-18(14-27-15)13-23(2)20(26)22-17-9-7-16(8-10-17)19(25)24-11-5-3-4-6-12-24/h7-10,14H,3-6,11-13H2,1-2H3,(H,22,26). The fourth-order valence-corrected chi connectivity index (χ4v) is 3.77. The highest BCUT2D eigenvalue weighted by molar-refractivity contribution is 7.09. The number of aryl methyl sites for hydroxylation is 1. The minimum Gasteiger partial charge on any atom is -0.339 e. The van der Waals surface area contributed by atoms with Crippen molar-refractivity contribution in [2.45, 2.75) is 39.2 Å². The molecule has 2 heterocycles. The van der Waals surface area contributed by atoms with Crippen LogP contribution in [-0.4, -0.2) is 46.9 Å². The van der Waals surface area contributed by atoms with E-state index >= 15 is 0 Å². The highest BCUT2D eigenvalue weighted by Gasteiger charge is 2.17. The van der Waals surface area contributed by atoms with Gasteiger partial charge in [0.05, 0.1) is 17.2 Å². The molecule has 1 aromatic heterocycles. The highest BCUT2D eigenvalue weighted by atomic mass is 32.1. The molecule has 144 valence electrons. The molecule has 3 amide bonds. The molecule has 0 aliphatic carbocycles. The van der Waals surface area contributed by atoms with Crippen molar-refractivity contribution in [2.24, 2.45) is 0 Å². The van der Waals surface area contributed by atoms with E-state index in [-0.39, 0.29) is 11.9 Å². The Labute approximate surface area is 164 Å². The number of urea groups is 1. The summed E-state index contributed by atoms with van der Waals surface area (Å²) in [6, 6.07) is 6.93. The van der Waals surface area contributed by atoms with Crippen LogP contribution in [0.4, 0.5) is 10.5 Å². The van der Waals surface area contributed by atoms with Crippen molar-refractivity contribution in [3.05, 3.63) is 45.9 Å². The number of thiazole rings is 1. The van der Waals surface area contributed by atoms with E-state index in [0.29, 0.717) is 17.8 Å². The Morgan fingerprint density at radius 2 is 1.81 bits per heavy atom. The first-order valence-corrected chi connectivity index (χ1v) is 10.2. The number of likely N-dealkylation sites (tertiary alicyclic amines) is 1. The van der Waals surface area contributed by atoms with Gasteiger partial charge in [-0.3, -0.25) is 4.79 Å². The topological polar surface area (TPSA) is 65.5 Å². The average Bonchev–Trinajstić information content (AvgIpc) is 2.91. The minimum atomic E-state index is -0.202. The lowest BCUT2D eigenvalue weighted by atomic mass is 10.1. The first-order valence-electron chi connectivity index (χ1n) is 9.35. The quantitative estimate of drug-likeness (QED) is 0.859. The zero-order chi connectivity index (χ0) is 19.2. The van der Waals surface area contributed by atoms with Gasteiger partial charge in [-0.15, -0.1) is 11.3 Å². The normalized spacial score (nSPS) is 14.5. The lowest BCUT2D eigenvalue weighted by Crippen LogP contribution is -2.32. The smallest absolute Gasteiger partial charge is 0.321 e. The Morgan fingerprint density at radius 3 is 2.41 bits per heavy atom. The largest absolute Gasteiger partial charge is 0.339 e. The maximum absolute atomic E-state index is 12.6. The monoisotopic (exact) mass is 386 g/mol. The SMILES string of the molecule is Cc1nc(CN(C)C(=O)Nc2ccc(C(=O)N3CCCCCC3)cc2)cs1. The second-order valence-electron chi connectivity index (χ2n) is 6.93. The molecule has 27 heavy (non-hydrogen) atoms. The van der Waals surface area contributed by atoms with Crippen molar-refractivity contribution in [1.82, 2.24) is 14.8 Å². The molecule has 1 fully saturated rings. The summed E-state index contributed by atoms with van der Waals surface area (Å²) in [5, 5.41) is 5.81. The van der Waals surface area contributed by atoms with E-state index in [1.807, 2.05) is 17.2 Å². The molecule has 1 saturated heterocycles. The zero-order valence-corrected chi connectivity index (χ0v) is 16.7. The summed E-state index contributed by atoms with van der Waals surface area (Å²) in [5.74, 6) is 0.0748. The van der Waals surface area contributed by atoms with Gasteiger partial charge in [0, 0.05) is 36.8 Å². The minimum absolute atomic E-state index is 0.0748. The van der Waals surface area contributed by atoms with Crippen molar-refractivity contribution >= 4 is 29.0 Å². The molecule has 0 saturated carbocycles. The molecule has 0 bridgehead atoms. The van der Waals surface area contributed by atoms with Crippen LogP contribution in [-0.2, 0) is 6.54 Å².